The molecule has 17 heteroatoms. The maximum atomic E-state index is 12.9. The van der Waals surface area contributed by atoms with Crippen LogP contribution in [-0.4, -0.2) is 82.7 Å². The molecular formula is C18H19N7O7S3. The number of amides is 2. The minimum absolute atomic E-state index is 0.0847. The molecule has 0 aromatic carbocycles. The monoisotopic (exact) mass is 541 g/mol. The molecule has 0 saturated carbocycles. The molecule has 0 radical (unpaired) electrons. The maximum Gasteiger partial charge on any atom is 0.352 e. The summed E-state index contributed by atoms with van der Waals surface area (Å²) in [6.07, 6.45) is 1.07. The fraction of sp³-hybridized carbons (Fsp3) is 0.444. The van der Waals surface area contributed by atoms with Gasteiger partial charge in [-0.05, 0) is 19.4 Å². The van der Waals surface area contributed by atoms with Crippen LogP contribution in [0.1, 0.15) is 18.0 Å². The Hall–Kier alpha value is -3.18. The fourth-order valence-electron chi connectivity index (χ4n) is 3.51. The highest BCUT2D eigenvalue weighted by Crippen LogP contribution is 2.42. The summed E-state index contributed by atoms with van der Waals surface area (Å²) in [7, 11) is 1.22. The molecule has 0 aliphatic carbocycles. The highest BCUT2D eigenvalue weighted by molar-refractivity contribution is 8.01. The first-order chi connectivity index (χ1) is 16.6. The predicted octanol–water partition coefficient (Wildman–Crippen LogP) is 1.05. The van der Waals surface area contributed by atoms with Crippen molar-refractivity contribution in [1.29, 1.82) is 0 Å². The standard InChI is InChI=1S/C18H19N7O7S3/c1-7(23-4-10(25(30)31)14(22-23)32-3)13(26)19-11-15(27)24-12(17(28)29)9(5-33-16(11)24)6-34-18-21-20-8(2)35-18/h4,7,11,16H,5-6H2,1-3H3,(H,19,26)(H,28,29)/t7-,11-,16+/m1/s1. The Morgan fingerprint density at radius 1 is 1.46 bits per heavy atom. The molecule has 0 bridgehead atoms. The molecule has 0 unspecified atom stereocenters. The van der Waals surface area contributed by atoms with Gasteiger partial charge in [0.25, 0.3) is 5.91 Å². The number of carboxylic acids is 1. The van der Waals surface area contributed by atoms with Gasteiger partial charge in [0, 0.05) is 11.5 Å². The van der Waals surface area contributed by atoms with E-state index in [-0.39, 0.29) is 11.6 Å². The summed E-state index contributed by atoms with van der Waals surface area (Å²) in [6, 6.07) is -1.92. The lowest BCUT2D eigenvalue weighted by molar-refractivity contribution is -0.385. The van der Waals surface area contributed by atoms with Gasteiger partial charge < -0.3 is 15.2 Å². The van der Waals surface area contributed by atoms with Crippen molar-refractivity contribution in [3.05, 3.63) is 32.6 Å². The predicted molar refractivity (Wildman–Crippen MR) is 125 cm³/mol. The number of aliphatic carboxylic acids is 1. The van der Waals surface area contributed by atoms with Gasteiger partial charge in [0.2, 0.25) is 5.91 Å². The average molecular weight is 542 g/mol. The van der Waals surface area contributed by atoms with E-state index in [0.717, 1.165) is 15.9 Å². The SMILES string of the molecule is COc1nn([C@H](C)C(=O)N[C@@H]2C(=O)N3C(C(=O)O)=C(CSc4nnc(C)s4)CS[C@@H]23)cc1[N+](=O)[O-]. The Morgan fingerprint density at radius 3 is 2.77 bits per heavy atom. The lowest BCUT2D eigenvalue weighted by atomic mass is 10.0. The van der Waals surface area contributed by atoms with Crippen LogP contribution in [-0.2, 0) is 14.4 Å². The second-order valence-electron chi connectivity index (χ2n) is 7.47. The van der Waals surface area contributed by atoms with Crippen molar-refractivity contribution < 1.29 is 29.2 Å². The first-order valence-corrected chi connectivity index (χ1v) is 12.9. The van der Waals surface area contributed by atoms with Crippen molar-refractivity contribution >= 4 is 58.3 Å². The maximum absolute atomic E-state index is 12.9. The number of hydrogen-bond donors (Lipinski definition) is 2. The number of β-lactam (4-membered cyclic amide) rings is 1. The number of carboxylic acid groups (broad SMARTS) is 1. The molecule has 2 amide bonds. The highest BCUT2D eigenvalue weighted by Gasteiger charge is 2.54. The summed E-state index contributed by atoms with van der Waals surface area (Å²) in [5.41, 5.74) is 0.101. The Labute approximate surface area is 210 Å². The molecule has 1 saturated heterocycles. The number of nitrogens with one attached hydrogen (secondary N) is 1. The number of carbonyl (C=O) groups excluding carboxylic acids is 2. The average Bonchev–Trinajstić information content (AvgIpc) is 3.45. The molecule has 2 N–H and O–H groups in total. The van der Waals surface area contributed by atoms with Crippen LogP contribution in [0, 0.1) is 17.0 Å². The number of nitro groups is 1. The van der Waals surface area contributed by atoms with Gasteiger partial charge in [-0.1, -0.05) is 23.1 Å². The summed E-state index contributed by atoms with van der Waals surface area (Å²) >= 11 is 4.10. The Bertz CT molecular complexity index is 1240. The second kappa shape index (κ2) is 9.82. The van der Waals surface area contributed by atoms with Crippen LogP contribution < -0.4 is 10.1 Å². The van der Waals surface area contributed by atoms with Crippen LogP contribution in [0.25, 0.3) is 0 Å². The summed E-state index contributed by atoms with van der Waals surface area (Å²) in [5, 5.41) is 35.6. The zero-order chi connectivity index (χ0) is 25.4. The first-order valence-electron chi connectivity index (χ1n) is 10.0. The van der Waals surface area contributed by atoms with Gasteiger partial charge in [-0.2, -0.15) is 0 Å². The Morgan fingerprint density at radius 2 is 2.20 bits per heavy atom. The zero-order valence-electron chi connectivity index (χ0n) is 18.5. The van der Waals surface area contributed by atoms with Gasteiger partial charge >= 0.3 is 17.5 Å². The van der Waals surface area contributed by atoms with Crippen molar-refractivity contribution in [1.82, 2.24) is 30.2 Å². The van der Waals surface area contributed by atoms with Gasteiger partial charge in [0.15, 0.2) is 4.34 Å². The van der Waals surface area contributed by atoms with Crippen LogP contribution in [0.4, 0.5) is 5.69 Å². The third-order valence-electron chi connectivity index (χ3n) is 5.27. The summed E-state index contributed by atoms with van der Waals surface area (Å²) in [5.74, 6) is -1.90. The van der Waals surface area contributed by atoms with Crippen LogP contribution in [0.2, 0.25) is 0 Å². The molecule has 0 spiro atoms. The zero-order valence-corrected chi connectivity index (χ0v) is 21.0. The van der Waals surface area contributed by atoms with E-state index in [1.807, 2.05) is 6.92 Å². The van der Waals surface area contributed by atoms with Crippen LogP contribution >= 0.6 is 34.9 Å². The number of aromatic nitrogens is 4. The lowest BCUT2D eigenvalue weighted by Gasteiger charge is -2.49. The molecule has 4 rings (SSSR count). The summed E-state index contributed by atoms with van der Waals surface area (Å²) < 4.78 is 6.66. The van der Waals surface area contributed by atoms with Crippen LogP contribution in [0.5, 0.6) is 5.88 Å². The minimum atomic E-state index is -1.22. The second-order valence-corrected chi connectivity index (χ2v) is 11.0. The number of ether oxygens (including phenoxy) is 1. The third-order valence-corrected chi connectivity index (χ3v) is 8.67. The number of nitrogens with zero attached hydrogens (tertiary/aromatic N) is 6. The van der Waals surface area contributed by atoms with Gasteiger partial charge in [0.1, 0.15) is 34.4 Å². The quantitative estimate of drug-likeness (QED) is 0.199. The molecule has 4 heterocycles. The van der Waals surface area contributed by atoms with Crippen molar-refractivity contribution in [3.63, 3.8) is 0 Å². The van der Waals surface area contributed by atoms with E-state index in [2.05, 4.69) is 20.6 Å². The van der Waals surface area contributed by atoms with Gasteiger partial charge in [0.05, 0.1) is 12.0 Å². The molecular weight excluding hydrogens is 522 g/mol. The number of aryl methyl sites for hydroxylation is 1. The van der Waals surface area contributed by atoms with Crippen LogP contribution in [0.15, 0.2) is 21.8 Å². The normalized spacial score (nSPS) is 20.2. The molecule has 2 aliphatic heterocycles. The Balaban J connectivity index is 1.45. The van der Waals surface area contributed by atoms with E-state index in [0.29, 0.717) is 21.4 Å². The van der Waals surface area contributed by atoms with Crippen LogP contribution in [0.3, 0.4) is 0 Å². The molecule has 3 atom stereocenters. The smallest absolute Gasteiger partial charge is 0.352 e. The molecule has 1 fully saturated rings. The van der Waals surface area contributed by atoms with Crippen molar-refractivity contribution in [2.75, 3.05) is 18.6 Å². The number of rotatable bonds is 9. The number of fused-ring (bicyclic) bond motifs is 1. The van der Waals surface area contributed by atoms with E-state index in [1.54, 1.807) is 0 Å². The molecule has 14 nitrogen and oxygen atoms in total. The highest BCUT2D eigenvalue weighted by atomic mass is 32.2. The summed E-state index contributed by atoms with van der Waals surface area (Å²) in [6.45, 7) is 3.29. The summed E-state index contributed by atoms with van der Waals surface area (Å²) in [4.78, 5) is 49.3. The molecule has 2 aromatic heterocycles. The van der Waals surface area contributed by atoms with E-state index in [4.69, 9.17) is 4.74 Å². The van der Waals surface area contributed by atoms with Crippen molar-refractivity contribution in [2.45, 2.75) is 35.6 Å². The molecule has 186 valence electrons. The van der Waals surface area contributed by atoms with Crippen molar-refractivity contribution in [2.24, 2.45) is 0 Å². The molecule has 2 aliphatic rings. The van der Waals surface area contributed by atoms with Gasteiger partial charge in [-0.3, -0.25) is 24.6 Å². The van der Waals surface area contributed by atoms with Gasteiger partial charge in [-0.15, -0.1) is 27.1 Å². The lowest BCUT2D eigenvalue weighted by Crippen LogP contribution is -2.71. The third kappa shape index (κ3) is 4.70. The van der Waals surface area contributed by atoms with Crippen molar-refractivity contribution in [3.8, 4) is 5.88 Å². The largest absolute Gasteiger partial charge is 0.477 e. The number of methoxy groups -OCH3 is 1. The van der Waals surface area contributed by atoms with E-state index in [9.17, 15) is 29.6 Å². The molecule has 2 aromatic rings. The topological polar surface area (TPSA) is 183 Å². The first kappa shape index (κ1) is 24.9. The molecule has 35 heavy (non-hydrogen) atoms. The van der Waals surface area contributed by atoms with Gasteiger partial charge in [-0.25, -0.2) is 9.48 Å². The van der Waals surface area contributed by atoms with E-state index >= 15 is 0 Å². The fourth-order valence-corrected chi connectivity index (χ4v) is 6.81. The van der Waals surface area contributed by atoms with E-state index < -0.39 is 45.9 Å². The minimum Gasteiger partial charge on any atom is -0.477 e. The van der Waals surface area contributed by atoms with E-state index in [1.165, 1.54) is 53.8 Å². The Kier molecular flexibility index (Phi) is 7.00. The number of hydrogen-bond acceptors (Lipinski definition) is 12. The number of thioether (sulfide) groups is 2. The number of carbonyl (C=O) groups is 3.